The molecule has 0 N–H and O–H groups in total. The average molecular weight is 440 g/mol. The number of aromatic nitrogens is 2. The number of nitrogens with zero attached hydrogens (tertiary/aromatic N) is 2. The second-order valence-electron chi connectivity index (χ2n) is 6.25. The fourth-order valence-corrected chi connectivity index (χ4v) is 2.59. The summed E-state index contributed by atoms with van der Waals surface area (Å²) < 4.78 is 13.3. The maximum atomic E-state index is 12.1. The molecule has 0 spiro atoms. The predicted octanol–water partition coefficient (Wildman–Crippen LogP) is 5.09. The number of ether oxygens (including phenoxy) is 2. The molecule has 0 aliphatic heterocycles. The number of esters is 1. The molecule has 1 heterocycles. The van der Waals surface area contributed by atoms with Crippen LogP contribution >= 0.6 is 46.4 Å². The quantitative estimate of drug-likeness (QED) is 0.424. The first-order valence-electron chi connectivity index (χ1n) is 7.69. The summed E-state index contributed by atoms with van der Waals surface area (Å²) in [4.78, 5) is 14.8. The van der Waals surface area contributed by atoms with Crippen LogP contribution in [0.4, 0.5) is 0 Å². The Labute approximate surface area is 172 Å². The normalized spacial score (nSPS) is 14.1. The molecule has 9 heteroatoms. The molecule has 0 amide bonds. The largest absolute Gasteiger partial charge is 0.466 e. The van der Waals surface area contributed by atoms with Crippen LogP contribution in [0.15, 0.2) is 43.0 Å². The summed E-state index contributed by atoms with van der Waals surface area (Å²) in [5.41, 5.74) is -0.652. The predicted molar refractivity (Wildman–Crippen MR) is 103 cm³/mol. The van der Waals surface area contributed by atoms with Crippen molar-refractivity contribution >= 4 is 52.4 Å². The van der Waals surface area contributed by atoms with Crippen molar-refractivity contribution in [3.8, 4) is 5.75 Å². The second-order valence-corrected chi connectivity index (χ2v) is 8.05. The molecule has 0 bridgehead atoms. The highest BCUT2D eigenvalue weighted by molar-refractivity contribution is 6.52. The number of alkyl halides is 3. The van der Waals surface area contributed by atoms with Gasteiger partial charge in [-0.25, -0.2) is 9.78 Å². The van der Waals surface area contributed by atoms with Gasteiger partial charge in [-0.2, -0.15) is 0 Å². The van der Waals surface area contributed by atoms with E-state index in [1.165, 1.54) is 0 Å². The molecule has 2 rings (SSSR count). The number of carbonyl (C=O) groups excluding carboxylic acids is 1. The van der Waals surface area contributed by atoms with Crippen LogP contribution in [-0.4, -0.2) is 32.3 Å². The Morgan fingerprint density at radius 1 is 1.27 bits per heavy atom. The van der Waals surface area contributed by atoms with Crippen molar-refractivity contribution in [1.82, 2.24) is 9.55 Å². The van der Waals surface area contributed by atoms with E-state index in [1.54, 1.807) is 47.6 Å². The minimum absolute atomic E-state index is 0.204. The molecule has 0 aliphatic carbocycles. The van der Waals surface area contributed by atoms with Gasteiger partial charge in [0, 0.05) is 28.7 Å². The lowest BCUT2D eigenvalue weighted by Crippen LogP contribution is -2.45. The van der Waals surface area contributed by atoms with Gasteiger partial charge in [0.15, 0.2) is 6.10 Å². The smallest absolute Gasteiger partial charge is 0.339 e. The number of imidazole rings is 1. The molecule has 5 nitrogen and oxygen atoms in total. The molecule has 142 valence electrons. The number of carbonyl (C=O) groups is 1. The Balaban J connectivity index is 2.40. The van der Waals surface area contributed by atoms with Crippen LogP contribution in [0.2, 0.25) is 5.02 Å². The topological polar surface area (TPSA) is 53.4 Å². The lowest BCUT2D eigenvalue weighted by atomic mass is 9.87. The summed E-state index contributed by atoms with van der Waals surface area (Å²) in [6.07, 6.45) is 3.31. The molecule has 2 aromatic rings. The van der Waals surface area contributed by atoms with Gasteiger partial charge in [-0.05, 0) is 24.3 Å². The van der Waals surface area contributed by atoms with Crippen LogP contribution in [0, 0.1) is 5.41 Å². The average Bonchev–Trinajstić information content (AvgIpc) is 3.13. The van der Waals surface area contributed by atoms with Crippen molar-refractivity contribution in [3.63, 3.8) is 0 Å². The number of rotatable bonds is 8. The van der Waals surface area contributed by atoms with Crippen LogP contribution in [-0.2, 0) is 9.53 Å². The first-order valence-corrected chi connectivity index (χ1v) is 9.47. The summed E-state index contributed by atoms with van der Waals surface area (Å²) in [6.45, 7) is 3.70. The van der Waals surface area contributed by atoms with Gasteiger partial charge in [0.1, 0.15) is 5.75 Å². The van der Waals surface area contributed by atoms with Gasteiger partial charge in [-0.15, -0.1) is 11.6 Å². The summed E-state index contributed by atoms with van der Waals surface area (Å²) in [5, 5.41) is 0.577. The molecule has 0 saturated carbocycles. The van der Waals surface area contributed by atoms with E-state index in [1.807, 2.05) is 13.8 Å². The van der Waals surface area contributed by atoms with E-state index >= 15 is 0 Å². The van der Waals surface area contributed by atoms with E-state index in [9.17, 15) is 4.79 Å². The third-order valence-electron chi connectivity index (χ3n) is 3.68. The maximum Gasteiger partial charge on any atom is 0.339 e. The summed E-state index contributed by atoms with van der Waals surface area (Å²) in [5.74, 6) is -0.0378. The summed E-state index contributed by atoms with van der Waals surface area (Å²) in [7, 11) is 0. The van der Waals surface area contributed by atoms with Crippen LogP contribution in [0.1, 0.15) is 20.1 Å². The Bertz CT molecular complexity index is 705. The zero-order valence-electron chi connectivity index (χ0n) is 14.1. The lowest BCUT2D eigenvalue weighted by Gasteiger charge is -2.37. The van der Waals surface area contributed by atoms with E-state index in [-0.39, 0.29) is 5.88 Å². The van der Waals surface area contributed by atoms with Gasteiger partial charge in [-0.1, -0.05) is 48.7 Å². The number of benzene rings is 1. The molecule has 0 aliphatic rings. The van der Waals surface area contributed by atoms with Crippen molar-refractivity contribution in [2.75, 3.05) is 5.88 Å². The Hall–Kier alpha value is -1.14. The van der Waals surface area contributed by atoms with Gasteiger partial charge < -0.3 is 9.47 Å². The minimum atomic E-state index is -1.32. The van der Waals surface area contributed by atoms with Gasteiger partial charge >= 0.3 is 5.97 Å². The Morgan fingerprint density at radius 2 is 1.92 bits per heavy atom. The molecule has 26 heavy (non-hydrogen) atoms. The van der Waals surface area contributed by atoms with Crippen molar-refractivity contribution in [2.24, 2.45) is 5.41 Å². The van der Waals surface area contributed by atoms with Crippen molar-refractivity contribution in [2.45, 2.75) is 31.0 Å². The van der Waals surface area contributed by atoms with Crippen LogP contribution in [0.5, 0.6) is 5.75 Å². The first kappa shape index (κ1) is 21.2. The van der Waals surface area contributed by atoms with Crippen LogP contribution < -0.4 is 4.74 Å². The third kappa shape index (κ3) is 5.43. The fraction of sp³-hybridized carbons (Fsp3) is 0.412. The van der Waals surface area contributed by atoms with E-state index in [2.05, 4.69) is 4.98 Å². The molecule has 0 saturated heterocycles. The molecule has 2 unspecified atom stereocenters. The molecule has 1 aromatic carbocycles. The standard InChI is InChI=1S/C17H18Cl4N2O3/c1-17(2,9-18)13(26-16(24)14(20)21)15(23-8-7-22-10-23)25-12-5-3-11(19)4-6-12/h3-8,10,13-15H,9H2,1-2H3. The molecule has 1 aromatic heterocycles. The van der Waals surface area contributed by atoms with Crippen molar-refractivity contribution in [1.29, 1.82) is 0 Å². The zero-order valence-corrected chi connectivity index (χ0v) is 17.1. The van der Waals surface area contributed by atoms with E-state index in [4.69, 9.17) is 55.9 Å². The van der Waals surface area contributed by atoms with Crippen molar-refractivity contribution < 1.29 is 14.3 Å². The van der Waals surface area contributed by atoms with Gasteiger partial charge in [-0.3, -0.25) is 4.57 Å². The fourth-order valence-electron chi connectivity index (χ4n) is 2.21. The number of hydrogen-bond acceptors (Lipinski definition) is 4. The molecule has 2 atom stereocenters. The second kappa shape index (κ2) is 9.18. The highest BCUT2D eigenvalue weighted by Gasteiger charge is 2.41. The molecular formula is C17H18Cl4N2O3. The molecule has 0 radical (unpaired) electrons. The Kier molecular flexibility index (Phi) is 7.47. The monoisotopic (exact) mass is 438 g/mol. The molecule has 0 fully saturated rings. The SMILES string of the molecule is CC(C)(CCl)C(OC(=O)C(Cl)Cl)C(Oc1ccc(Cl)cc1)n1ccnc1. The van der Waals surface area contributed by atoms with E-state index < -0.39 is 28.6 Å². The highest BCUT2D eigenvalue weighted by Crippen LogP contribution is 2.35. The van der Waals surface area contributed by atoms with Crippen LogP contribution in [0.25, 0.3) is 0 Å². The molecular weight excluding hydrogens is 422 g/mol. The van der Waals surface area contributed by atoms with E-state index in [0.29, 0.717) is 10.8 Å². The van der Waals surface area contributed by atoms with Crippen molar-refractivity contribution in [3.05, 3.63) is 48.0 Å². The summed E-state index contributed by atoms with van der Waals surface area (Å²) >= 11 is 23.4. The first-order chi connectivity index (χ1) is 12.2. The van der Waals surface area contributed by atoms with Gasteiger partial charge in [0.05, 0.1) is 6.33 Å². The van der Waals surface area contributed by atoms with Gasteiger partial charge in [0.25, 0.3) is 0 Å². The minimum Gasteiger partial charge on any atom is -0.466 e. The number of hydrogen-bond donors (Lipinski definition) is 0. The van der Waals surface area contributed by atoms with Gasteiger partial charge in [0.2, 0.25) is 11.1 Å². The number of halogens is 4. The lowest BCUT2D eigenvalue weighted by molar-refractivity contribution is -0.165. The van der Waals surface area contributed by atoms with E-state index in [0.717, 1.165) is 0 Å². The Morgan fingerprint density at radius 3 is 2.42 bits per heavy atom. The highest BCUT2D eigenvalue weighted by atomic mass is 35.5. The summed E-state index contributed by atoms with van der Waals surface area (Å²) in [6, 6.07) is 6.82. The third-order valence-corrected chi connectivity index (χ3v) is 4.98. The maximum absolute atomic E-state index is 12.1. The zero-order chi connectivity index (χ0) is 19.3. The van der Waals surface area contributed by atoms with Crippen LogP contribution in [0.3, 0.4) is 0 Å².